The zero-order valence-electron chi connectivity index (χ0n) is 24.7. The summed E-state index contributed by atoms with van der Waals surface area (Å²) in [6.45, 7) is 0. The Bertz CT molecular complexity index is 2530. The first-order chi connectivity index (χ1) is 22.8. The van der Waals surface area contributed by atoms with E-state index < -0.39 is 10.8 Å². The van der Waals surface area contributed by atoms with Crippen molar-refractivity contribution >= 4 is 43.1 Å². The first-order valence-electron chi connectivity index (χ1n) is 15.9. The lowest BCUT2D eigenvalue weighted by Gasteiger charge is -2.49. The second kappa shape index (κ2) is 8.65. The van der Waals surface area contributed by atoms with Crippen LogP contribution < -0.4 is 0 Å². The van der Waals surface area contributed by atoms with E-state index in [1.807, 2.05) is 11.3 Å². The molecule has 2 heteroatoms. The van der Waals surface area contributed by atoms with Crippen LogP contribution in [0.1, 0.15) is 44.5 Å². The molecule has 3 aliphatic carbocycles. The van der Waals surface area contributed by atoms with Crippen LogP contribution in [0, 0.1) is 0 Å². The molecule has 0 nitrogen and oxygen atoms in total. The van der Waals surface area contributed by atoms with Crippen LogP contribution in [0.5, 0.6) is 0 Å². The smallest absolute Gasteiger partial charge is 0.0748 e. The van der Waals surface area contributed by atoms with E-state index in [1.165, 1.54) is 86.9 Å². The van der Waals surface area contributed by atoms with Crippen molar-refractivity contribution in [3.63, 3.8) is 0 Å². The van der Waals surface area contributed by atoms with Crippen molar-refractivity contribution in [3.8, 4) is 22.3 Å². The first kappa shape index (κ1) is 25.3. The second-order valence-electron chi connectivity index (χ2n) is 12.8. The third-order valence-electron chi connectivity index (χ3n) is 11.0. The van der Waals surface area contributed by atoms with E-state index in [2.05, 4.69) is 152 Å². The molecule has 1 heterocycles. The van der Waals surface area contributed by atoms with Crippen LogP contribution in [0.3, 0.4) is 0 Å². The zero-order valence-corrected chi connectivity index (χ0v) is 26.3. The molecule has 1 aromatic heterocycles. The summed E-state index contributed by atoms with van der Waals surface area (Å²) < 4.78 is 2.66. The molecule has 0 unspecified atom stereocenters. The van der Waals surface area contributed by atoms with E-state index >= 15 is 0 Å². The maximum atomic E-state index is 7.46. The van der Waals surface area contributed by atoms with E-state index in [0.717, 1.165) is 5.02 Å². The molecular formula is C44H25ClS. The molecule has 214 valence electrons. The number of fused-ring (bicyclic) bond motifs is 20. The highest BCUT2D eigenvalue weighted by molar-refractivity contribution is 7.26. The second-order valence-corrected chi connectivity index (χ2v) is 14.3. The lowest BCUT2D eigenvalue weighted by Crippen LogP contribution is -2.43. The minimum atomic E-state index is -0.589. The molecule has 3 aliphatic rings. The normalized spacial score (nSPS) is 15.4. The molecule has 7 aromatic carbocycles. The van der Waals surface area contributed by atoms with Gasteiger partial charge in [-0.3, -0.25) is 0 Å². The van der Waals surface area contributed by atoms with Crippen LogP contribution >= 0.6 is 22.9 Å². The summed E-state index contributed by atoms with van der Waals surface area (Å²) in [5, 5.41) is 3.44. The highest BCUT2D eigenvalue weighted by atomic mass is 35.5. The maximum Gasteiger partial charge on any atom is 0.0748 e. The quantitative estimate of drug-likeness (QED) is 0.158. The minimum Gasteiger partial charge on any atom is -0.135 e. The van der Waals surface area contributed by atoms with Crippen molar-refractivity contribution in [1.29, 1.82) is 0 Å². The van der Waals surface area contributed by atoms with Gasteiger partial charge in [-0.25, -0.2) is 0 Å². The highest BCUT2D eigenvalue weighted by Crippen LogP contribution is 2.69. The van der Waals surface area contributed by atoms with Gasteiger partial charge in [0.25, 0.3) is 0 Å². The van der Waals surface area contributed by atoms with Crippen molar-refractivity contribution < 1.29 is 0 Å². The largest absolute Gasteiger partial charge is 0.135 e. The molecule has 0 saturated heterocycles. The van der Waals surface area contributed by atoms with Crippen molar-refractivity contribution in [1.82, 2.24) is 0 Å². The molecule has 0 bridgehead atoms. The van der Waals surface area contributed by atoms with Crippen LogP contribution in [-0.2, 0) is 10.8 Å². The van der Waals surface area contributed by atoms with E-state index in [-0.39, 0.29) is 0 Å². The number of benzene rings is 7. The fraction of sp³-hybridized carbons (Fsp3) is 0.0455. The van der Waals surface area contributed by atoms with Gasteiger partial charge < -0.3 is 0 Å². The number of hydrogen-bond donors (Lipinski definition) is 0. The van der Waals surface area contributed by atoms with Crippen molar-refractivity contribution in [3.05, 3.63) is 201 Å². The van der Waals surface area contributed by atoms with E-state index in [1.54, 1.807) is 0 Å². The van der Waals surface area contributed by atoms with Gasteiger partial charge in [-0.1, -0.05) is 151 Å². The zero-order chi connectivity index (χ0) is 30.2. The van der Waals surface area contributed by atoms with Crippen molar-refractivity contribution in [2.45, 2.75) is 10.8 Å². The summed E-state index contributed by atoms with van der Waals surface area (Å²) in [5.74, 6) is 0. The third kappa shape index (κ3) is 2.69. The van der Waals surface area contributed by atoms with Gasteiger partial charge in [0.2, 0.25) is 0 Å². The summed E-state index contributed by atoms with van der Waals surface area (Å²) >= 11 is 9.38. The molecule has 8 aromatic rings. The molecule has 0 atom stereocenters. The fourth-order valence-corrected chi connectivity index (χ4v) is 11.2. The third-order valence-corrected chi connectivity index (χ3v) is 12.5. The summed E-state index contributed by atoms with van der Waals surface area (Å²) in [6.07, 6.45) is 0. The predicted molar refractivity (Wildman–Crippen MR) is 193 cm³/mol. The molecule has 0 fully saturated rings. The van der Waals surface area contributed by atoms with Crippen LogP contribution in [0.2, 0.25) is 5.02 Å². The van der Waals surface area contributed by atoms with Crippen LogP contribution in [0.4, 0.5) is 0 Å². The maximum absolute atomic E-state index is 7.46. The van der Waals surface area contributed by atoms with E-state index in [0.29, 0.717) is 0 Å². The molecule has 11 rings (SSSR count). The molecule has 2 spiro atoms. The number of rotatable bonds is 0. The first-order valence-corrected chi connectivity index (χ1v) is 17.1. The van der Waals surface area contributed by atoms with Gasteiger partial charge in [0.05, 0.1) is 10.8 Å². The standard InChI is InChI=1S/C44H25ClS/c45-38-22-11-15-29-30-24-25-31-28-14-3-10-23-39(28)46-42(31)41(30)44(40(29)38)36-20-8-6-18-34(36)43(35-19-7-9-21-37(35)44)32-16-4-1-12-26(32)27-13-2-5-17-33(27)43/h1-25H. The average molecular weight is 621 g/mol. The Hall–Kier alpha value is -4.95. The summed E-state index contributed by atoms with van der Waals surface area (Å²) in [5.41, 5.74) is 14.7. The summed E-state index contributed by atoms with van der Waals surface area (Å²) in [6, 6.07) is 56.6. The lowest BCUT2D eigenvalue weighted by molar-refractivity contribution is 0.636. The molecule has 0 amide bonds. The molecule has 0 N–H and O–H groups in total. The van der Waals surface area contributed by atoms with Gasteiger partial charge >= 0.3 is 0 Å². The highest BCUT2D eigenvalue weighted by Gasteiger charge is 2.59. The molecule has 0 saturated carbocycles. The minimum absolute atomic E-state index is 0.455. The van der Waals surface area contributed by atoms with Crippen LogP contribution in [0.25, 0.3) is 42.4 Å². The number of halogens is 1. The summed E-state index contributed by atoms with van der Waals surface area (Å²) in [4.78, 5) is 0. The molecule has 0 aliphatic heterocycles. The number of hydrogen-bond acceptors (Lipinski definition) is 1. The Morgan fingerprint density at radius 1 is 0.370 bits per heavy atom. The molecule has 0 radical (unpaired) electrons. The SMILES string of the molecule is Clc1cccc2c1C1(c3ccccc3C3(c4ccccc4-c4ccccc43)c3ccccc31)c1c-2ccc2c1sc1ccccc12. The Morgan fingerprint density at radius 3 is 1.52 bits per heavy atom. The lowest BCUT2D eigenvalue weighted by atomic mass is 9.52. The van der Waals surface area contributed by atoms with Crippen molar-refractivity contribution in [2.75, 3.05) is 0 Å². The van der Waals surface area contributed by atoms with Gasteiger partial charge in [0.15, 0.2) is 0 Å². The Morgan fingerprint density at radius 2 is 0.870 bits per heavy atom. The molecule has 46 heavy (non-hydrogen) atoms. The fourth-order valence-electron chi connectivity index (χ4n) is 9.56. The van der Waals surface area contributed by atoms with Crippen molar-refractivity contribution in [2.24, 2.45) is 0 Å². The average Bonchev–Trinajstić information content (AvgIpc) is 3.74. The van der Waals surface area contributed by atoms with Gasteiger partial charge in [-0.2, -0.15) is 0 Å². The summed E-state index contributed by atoms with van der Waals surface area (Å²) in [7, 11) is 0. The van der Waals surface area contributed by atoms with Crippen LogP contribution in [0.15, 0.2) is 152 Å². The Labute approximate surface area is 276 Å². The monoisotopic (exact) mass is 620 g/mol. The molecular weight excluding hydrogens is 596 g/mol. The Balaban J connectivity index is 1.40. The van der Waals surface area contributed by atoms with Gasteiger partial charge in [-0.05, 0) is 78.9 Å². The van der Waals surface area contributed by atoms with Crippen LogP contribution in [-0.4, -0.2) is 0 Å². The van der Waals surface area contributed by atoms with Gasteiger partial charge in [-0.15, -0.1) is 11.3 Å². The van der Waals surface area contributed by atoms with E-state index in [4.69, 9.17) is 11.6 Å². The van der Waals surface area contributed by atoms with Gasteiger partial charge in [0.1, 0.15) is 0 Å². The Kier molecular flexibility index (Phi) is 4.75. The topological polar surface area (TPSA) is 0 Å². The van der Waals surface area contributed by atoms with E-state index in [9.17, 15) is 0 Å². The predicted octanol–water partition coefficient (Wildman–Crippen LogP) is 11.7. The number of thiophene rings is 1. The van der Waals surface area contributed by atoms with Gasteiger partial charge in [0, 0.05) is 25.2 Å².